The molecule has 0 saturated carbocycles. The predicted octanol–water partition coefficient (Wildman–Crippen LogP) is 1.25. The molecule has 2 N–H and O–H groups in total. The van der Waals surface area contributed by atoms with Crippen LogP contribution in [-0.2, 0) is 0 Å². The average Bonchev–Trinajstić information content (AvgIpc) is 2.49. The zero-order chi connectivity index (χ0) is 9.26. The number of phenolic OH excluding ortho intramolecular Hbond substituents is 1. The molecule has 1 heterocycles. The van der Waals surface area contributed by atoms with E-state index in [2.05, 4.69) is 0 Å². The quantitative estimate of drug-likeness (QED) is 0.720. The second kappa shape index (κ2) is 3.26. The third kappa shape index (κ3) is 1.47. The van der Waals surface area contributed by atoms with Gasteiger partial charge in [0.05, 0.1) is 6.61 Å². The molecule has 1 aliphatic rings. The first-order chi connectivity index (χ1) is 6.31. The van der Waals surface area contributed by atoms with Gasteiger partial charge in [-0.2, -0.15) is 0 Å². The van der Waals surface area contributed by atoms with Crippen molar-refractivity contribution < 1.29 is 14.9 Å². The minimum Gasteiger partial charge on any atom is -0.508 e. The van der Waals surface area contributed by atoms with Crippen molar-refractivity contribution in [1.29, 1.82) is 0 Å². The fraction of sp³-hybridized carbons (Fsp3) is 0.400. The summed E-state index contributed by atoms with van der Waals surface area (Å²) in [6.45, 7) is 0.766. The molecule has 70 valence electrons. The highest BCUT2D eigenvalue weighted by Gasteiger charge is 2.23. The summed E-state index contributed by atoms with van der Waals surface area (Å²) in [5, 5.41) is 18.1. The lowest BCUT2D eigenvalue weighted by molar-refractivity contribution is 0.254. The van der Waals surface area contributed by atoms with Crippen molar-refractivity contribution >= 4 is 0 Å². The lowest BCUT2D eigenvalue weighted by Gasteiger charge is -2.05. The topological polar surface area (TPSA) is 49.7 Å². The number of hydrogen-bond acceptors (Lipinski definition) is 3. The van der Waals surface area contributed by atoms with Crippen LogP contribution in [0.25, 0.3) is 0 Å². The SMILES string of the molecule is OCCC1COc2ccc(O)cc21. The fourth-order valence-electron chi connectivity index (χ4n) is 1.66. The molecule has 3 nitrogen and oxygen atoms in total. The maximum atomic E-state index is 9.26. The highest BCUT2D eigenvalue weighted by molar-refractivity contribution is 5.44. The molecule has 0 spiro atoms. The van der Waals surface area contributed by atoms with Crippen LogP contribution < -0.4 is 4.74 Å². The smallest absolute Gasteiger partial charge is 0.123 e. The van der Waals surface area contributed by atoms with Gasteiger partial charge in [0.25, 0.3) is 0 Å². The van der Waals surface area contributed by atoms with E-state index in [0.717, 1.165) is 11.3 Å². The molecular weight excluding hydrogens is 168 g/mol. The molecule has 1 aromatic carbocycles. The standard InChI is InChI=1S/C10H12O3/c11-4-3-7-6-13-10-2-1-8(12)5-9(7)10/h1-2,5,7,11-12H,3-4,6H2. The van der Waals surface area contributed by atoms with Crippen LogP contribution in [0, 0.1) is 0 Å². The summed E-state index contributed by atoms with van der Waals surface area (Å²) in [4.78, 5) is 0. The molecule has 1 aromatic rings. The van der Waals surface area contributed by atoms with Gasteiger partial charge < -0.3 is 14.9 Å². The summed E-state index contributed by atoms with van der Waals surface area (Å²) in [6, 6.07) is 5.09. The molecule has 1 unspecified atom stereocenters. The Labute approximate surface area is 76.6 Å². The van der Waals surface area contributed by atoms with Gasteiger partial charge in [-0.1, -0.05) is 0 Å². The summed E-state index contributed by atoms with van der Waals surface area (Å²) >= 11 is 0. The summed E-state index contributed by atoms with van der Waals surface area (Å²) in [6.07, 6.45) is 0.691. The Morgan fingerprint density at radius 1 is 1.46 bits per heavy atom. The normalized spacial score (nSPS) is 19.6. The van der Waals surface area contributed by atoms with Crippen LogP contribution in [-0.4, -0.2) is 23.4 Å². The number of rotatable bonds is 2. The third-order valence-electron chi connectivity index (χ3n) is 2.35. The first-order valence-electron chi connectivity index (χ1n) is 4.38. The highest BCUT2D eigenvalue weighted by Crippen LogP contribution is 2.37. The van der Waals surface area contributed by atoms with Crippen LogP contribution in [0.1, 0.15) is 17.9 Å². The number of phenols is 1. The van der Waals surface area contributed by atoms with Gasteiger partial charge in [0.15, 0.2) is 0 Å². The van der Waals surface area contributed by atoms with Gasteiger partial charge in [-0.25, -0.2) is 0 Å². The van der Waals surface area contributed by atoms with E-state index in [1.165, 1.54) is 0 Å². The summed E-state index contributed by atoms with van der Waals surface area (Å²) in [5.41, 5.74) is 1.01. The Kier molecular flexibility index (Phi) is 2.10. The molecular formula is C10H12O3. The Bertz CT molecular complexity index is 307. The number of aliphatic hydroxyl groups excluding tert-OH is 1. The van der Waals surface area contributed by atoms with Gasteiger partial charge in [-0.3, -0.25) is 0 Å². The maximum absolute atomic E-state index is 9.26. The van der Waals surface area contributed by atoms with E-state index >= 15 is 0 Å². The molecule has 1 aliphatic heterocycles. The first kappa shape index (κ1) is 8.38. The lowest BCUT2D eigenvalue weighted by atomic mass is 9.98. The Morgan fingerprint density at radius 2 is 2.31 bits per heavy atom. The monoisotopic (exact) mass is 180 g/mol. The van der Waals surface area contributed by atoms with E-state index in [1.807, 2.05) is 0 Å². The van der Waals surface area contributed by atoms with Gasteiger partial charge in [0, 0.05) is 18.1 Å². The molecule has 3 heteroatoms. The van der Waals surface area contributed by atoms with Gasteiger partial charge >= 0.3 is 0 Å². The number of aliphatic hydroxyl groups is 1. The van der Waals surface area contributed by atoms with E-state index in [-0.39, 0.29) is 18.3 Å². The molecule has 0 bridgehead atoms. The minimum atomic E-state index is 0.156. The summed E-state index contributed by atoms with van der Waals surface area (Å²) in [7, 11) is 0. The average molecular weight is 180 g/mol. The van der Waals surface area contributed by atoms with Crippen LogP contribution in [0.4, 0.5) is 0 Å². The lowest BCUT2D eigenvalue weighted by Crippen LogP contribution is -2.02. The van der Waals surface area contributed by atoms with Crippen LogP contribution in [0.5, 0.6) is 11.5 Å². The fourth-order valence-corrected chi connectivity index (χ4v) is 1.66. The third-order valence-corrected chi connectivity index (χ3v) is 2.35. The zero-order valence-electron chi connectivity index (χ0n) is 7.23. The van der Waals surface area contributed by atoms with Gasteiger partial charge in [-0.15, -0.1) is 0 Å². The maximum Gasteiger partial charge on any atom is 0.123 e. The molecule has 0 saturated heterocycles. The highest BCUT2D eigenvalue weighted by atomic mass is 16.5. The minimum absolute atomic E-state index is 0.156. The molecule has 1 atom stereocenters. The van der Waals surface area contributed by atoms with Crippen LogP contribution in [0.3, 0.4) is 0 Å². The Morgan fingerprint density at radius 3 is 3.08 bits per heavy atom. The van der Waals surface area contributed by atoms with E-state index in [1.54, 1.807) is 18.2 Å². The number of ether oxygens (including phenoxy) is 1. The van der Waals surface area contributed by atoms with Crippen LogP contribution >= 0.6 is 0 Å². The van der Waals surface area contributed by atoms with Crippen molar-refractivity contribution in [3.63, 3.8) is 0 Å². The number of hydrogen-bond donors (Lipinski definition) is 2. The van der Waals surface area contributed by atoms with Crippen molar-refractivity contribution in [3.05, 3.63) is 23.8 Å². The van der Waals surface area contributed by atoms with Crippen molar-refractivity contribution in [2.45, 2.75) is 12.3 Å². The van der Waals surface area contributed by atoms with Crippen molar-refractivity contribution in [3.8, 4) is 11.5 Å². The molecule has 0 fully saturated rings. The number of benzene rings is 1. The van der Waals surface area contributed by atoms with Crippen molar-refractivity contribution in [1.82, 2.24) is 0 Å². The van der Waals surface area contributed by atoms with E-state index in [9.17, 15) is 5.11 Å². The van der Waals surface area contributed by atoms with Crippen LogP contribution in [0.2, 0.25) is 0 Å². The van der Waals surface area contributed by atoms with Crippen LogP contribution in [0.15, 0.2) is 18.2 Å². The Hall–Kier alpha value is -1.22. The van der Waals surface area contributed by atoms with Gasteiger partial charge in [-0.05, 0) is 24.6 Å². The molecule has 0 aromatic heterocycles. The Balaban J connectivity index is 2.29. The number of aromatic hydroxyl groups is 1. The van der Waals surface area contributed by atoms with E-state index < -0.39 is 0 Å². The predicted molar refractivity (Wildman–Crippen MR) is 48.0 cm³/mol. The van der Waals surface area contributed by atoms with Gasteiger partial charge in [0.2, 0.25) is 0 Å². The molecule has 2 rings (SSSR count). The molecule has 0 amide bonds. The molecule has 0 aliphatic carbocycles. The molecule has 0 radical (unpaired) electrons. The van der Waals surface area contributed by atoms with E-state index in [4.69, 9.17) is 9.84 Å². The van der Waals surface area contributed by atoms with Crippen molar-refractivity contribution in [2.24, 2.45) is 0 Å². The zero-order valence-corrected chi connectivity index (χ0v) is 7.23. The second-order valence-electron chi connectivity index (χ2n) is 3.24. The summed E-state index contributed by atoms with van der Waals surface area (Å²) in [5.74, 6) is 1.32. The second-order valence-corrected chi connectivity index (χ2v) is 3.24. The molecule has 13 heavy (non-hydrogen) atoms. The van der Waals surface area contributed by atoms with Crippen molar-refractivity contribution in [2.75, 3.05) is 13.2 Å². The first-order valence-corrected chi connectivity index (χ1v) is 4.38. The van der Waals surface area contributed by atoms with Gasteiger partial charge in [0.1, 0.15) is 11.5 Å². The number of fused-ring (bicyclic) bond motifs is 1. The largest absolute Gasteiger partial charge is 0.508 e. The van der Waals surface area contributed by atoms with E-state index in [0.29, 0.717) is 13.0 Å². The summed E-state index contributed by atoms with van der Waals surface area (Å²) < 4.78 is 5.40.